The minimum Gasteiger partial charge on any atom is -0.325 e. The molecule has 19 heavy (non-hydrogen) atoms. The molecule has 1 heterocycles. The van der Waals surface area contributed by atoms with Gasteiger partial charge < -0.3 is 10.2 Å². The lowest BCUT2D eigenvalue weighted by Crippen LogP contribution is -2.47. The first-order chi connectivity index (χ1) is 9.02. The van der Waals surface area contributed by atoms with Crippen LogP contribution < -0.4 is 5.32 Å². The lowest BCUT2D eigenvalue weighted by Gasteiger charge is -2.31. The predicted molar refractivity (Wildman–Crippen MR) is 84.4 cm³/mol. The standard InChI is InChI=1S/C13H17Br2N3O/c1-17-2-4-18(5-3-17)9-13(19)16-12-7-10(14)6-11(15)8-12/h6-8H,2-5,9H2,1H3,(H,16,19). The largest absolute Gasteiger partial charge is 0.325 e. The zero-order valence-electron chi connectivity index (χ0n) is 10.8. The number of hydrogen-bond donors (Lipinski definition) is 1. The topological polar surface area (TPSA) is 35.6 Å². The number of benzene rings is 1. The normalized spacial score (nSPS) is 17.4. The van der Waals surface area contributed by atoms with Crippen molar-refractivity contribution in [3.63, 3.8) is 0 Å². The van der Waals surface area contributed by atoms with Gasteiger partial charge in [-0.15, -0.1) is 0 Å². The molecular weight excluding hydrogens is 374 g/mol. The fourth-order valence-electron chi connectivity index (χ4n) is 2.04. The van der Waals surface area contributed by atoms with Crippen molar-refractivity contribution in [1.82, 2.24) is 9.80 Å². The molecule has 0 spiro atoms. The molecule has 0 unspecified atom stereocenters. The van der Waals surface area contributed by atoms with Gasteiger partial charge in [0.15, 0.2) is 0 Å². The molecular formula is C13H17Br2N3O. The second kappa shape index (κ2) is 6.83. The molecule has 0 atom stereocenters. The maximum atomic E-state index is 12.0. The fourth-order valence-corrected chi connectivity index (χ4v) is 3.33. The van der Waals surface area contributed by atoms with Crippen molar-refractivity contribution in [1.29, 1.82) is 0 Å². The molecule has 0 bridgehead atoms. The Morgan fingerprint density at radius 2 is 1.74 bits per heavy atom. The number of carbonyl (C=O) groups is 1. The molecule has 2 rings (SSSR count). The summed E-state index contributed by atoms with van der Waals surface area (Å²) < 4.78 is 1.88. The van der Waals surface area contributed by atoms with E-state index in [9.17, 15) is 4.79 Å². The van der Waals surface area contributed by atoms with E-state index in [4.69, 9.17) is 0 Å². The van der Waals surface area contributed by atoms with Gasteiger partial charge in [-0.1, -0.05) is 31.9 Å². The number of amides is 1. The van der Waals surface area contributed by atoms with E-state index in [1.54, 1.807) is 0 Å². The van der Waals surface area contributed by atoms with Gasteiger partial charge in [-0.3, -0.25) is 9.69 Å². The third-order valence-corrected chi connectivity index (χ3v) is 4.03. The number of rotatable bonds is 3. The summed E-state index contributed by atoms with van der Waals surface area (Å²) in [4.78, 5) is 16.4. The number of halogens is 2. The van der Waals surface area contributed by atoms with E-state index in [1.165, 1.54) is 0 Å². The van der Waals surface area contributed by atoms with Crippen LogP contribution in [0.3, 0.4) is 0 Å². The highest BCUT2D eigenvalue weighted by atomic mass is 79.9. The van der Waals surface area contributed by atoms with E-state index in [1.807, 2.05) is 18.2 Å². The van der Waals surface area contributed by atoms with Gasteiger partial charge in [-0.05, 0) is 25.2 Å². The van der Waals surface area contributed by atoms with Gasteiger partial charge in [0, 0.05) is 40.8 Å². The lowest BCUT2D eigenvalue weighted by molar-refractivity contribution is -0.117. The van der Waals surface area contributed by atoms with Crippen molar-refractivity contribution in [3.8, 4) is 0 Å². The highest BCUT2D eigenvalue weighted by Crippen LogP contribution is 2.23. The molecule has 0 radical (unpaired) electrons. The highest BCUT2D eigenvalue weighted by molar-refractivity contribution is 9.11. The zero-order valence-corrected chi connectivity index (χ0v) is 14.0. The Labute approximate surface area is 130 Å². The summed E-state index contributed by atoms with van der Waals surface area (Å²) in [7, 11) is 2.11. The monoisotopic (exact) mass is 389 g/mol. The van der Waals surface area contributed by atoms with Crippen LogP contribution in [0.15, 0.2) is 27.1 Å². The molecule has 6 heteroatoms. The molecule has 1 aliphatic rings. The molecule has 4 nitrogen and oxygen atoms in total. The van der Waals surface area contributed by atoms with Crippen molar-refractivity contribution in [3.05, 3.63) is 27.1 Å². The SMILES string of the molecule is CN1CCN(CC(=O)Nc2cc(Br)cc(Br)c2)CC1. The number of likely N-dealkylation sites (N-methyl/N-ethyl adjacent to an activating group) is 1. The van der Waals surface area contributed by atoms with Crippen LogP contribution in [0.1, 0.15) is 0 Å². The first kappa shape index (κ1) is 15.0. The van der Waals surface area contributed by atoms with E-state index in [0.717, 1.165) is 40.8 Å². The molecule has 1 aromatic rings. The summed E-state index contributed by atoms with van der Waals surface area (Å²) >= 11 is 6.82. The Hall–Kier alpha value is -0.430. The molecule has 0 aromatic heterocycles. The van der Waals surface area contributed by atoms with Crippen molar-refractivity contribution >= 4 is 43.5 Å². The second-order valence-corrected chi connectivity index (χ2v) is 6.62. The summed E-state index contributed by atoms with van der Waals surface area (Å²) in [5, 5.41) is 2.93. The Bertz CT molecular complexity index is 439. The highest BCUT2D eigenvalue weighted by Gasteiger charge is 2.16. The van der Waals surface area contributed by atoms with Crippen LogP contribution in [0.25, 0.3) is 0 Å². The third kappa shape index (κ3) is 4.87. The summed E-state index contributed by atoms with van der Waals surface area (Å²) in [5.74, 6) is 0.0366. The number of anilines is 1. The number of piperazine rings is 1. The number of carbonyl (C=O) groups excluding carboxylic acids is 1. The average molecular weight is 391 g/mol. The molecule has 1 saturated heterocycles. The van der Waals surface area contributed by atoms with Gasteiger partial charge in [-0.2, -0.15) is 0 Å². The Morgan fingerprint density at radius 3 is 2.32 bits per heavy atom. The number of nitrogens with zero attached hydrogens (tertiary/aromatic N) is 2. The van der Waals surface area contributed by atoms with Crippen LogP contribution in [-0.4, -0.2) is 55.5 Å². The number of nitrogens with one attached hydrogen (secondary N) is 1. The summed E-state index contributed by atoms with van der Waals surface area (Å²) in [6.07, 6.45) is 0. The molecule has 1 aromatic carbocycles. The average Bonchev–Trinajstić information content (AvgIpc) is 2.30. The van der Waals surface area contributed by atoms with Crippen LogP contribution in [0.2, 0.25) is 0 Å². The van der Waals surface area contributed by atoms with Gasteiger partial charge in [0.1, 0.15) is 0 Å². The maximum absolute atomic E-state index is 12.0. The summed E-state index contributed by atoms with van der Waals surface area (Å²) in [5.41, 5.74) is 0.806. The van der Waals surface area contributed by atoms with Crippen molar-refractivity contribution in [2.45, 2.75) is 0 Å². The Balaban J connectivity index is 1.87. The van der Waals surface area contributed by atoms with Crippen LogP contribution in [0.4, 0.5) is 5.69 Å². The van der Waals surface area contributed by atoms with E-state index in [-0.39, 0.29) is 5.91 Å². The maximum Gasteiger partial charge on any atom is 0.238 e. The molecule has 1 fully saturated rings. The van der Waals surface area contributed by atoms with Crippen molar-refractivity contribution in [2.75, 3.05) is 45.1 Å². The van der Waals surface area contributed by atoms with Gasteiger partial charge in [0.2, 0.25) is 5.91 Å². The van der Waals surface area contributed by atoms with Crippen molar-refractivity contribution in [2.24, 2.45) is 0 Å². The summed E-state index contributed by atoms with van der Waals surface area (Å²) in [6.45, 7) is 4.40. The van der Waals surface area contributed by atoms with E-state index in [2.05, 4.69) is 54.0 Å². The van der Waals surface area contributed by atoms with Gasteiger partial charge >= 0.3 is 0 Å². The summed E-state index contributed by atoms with van der Waals surface area (Å²) in [6, 6.07) is 5.73. The first-order valence-corrected chi connectivity index (χ1v) is 7.78. The zero-order chi connectivity index (χ0) is 13.8. The van der Waals surface area contributed by atoms with Crippen LogP contribution >= 0.6 is 31.9 Å². The molecule has 1 aliphatic heterocycles. The lowest BCUT2D eigenvalue weighted by atomic mass is 10.3. The second-order valence-electron chi connectivity index (χ2n) is 4.79. The van der Waals surface area contributed by atoms with Crippen LogP contribution in [0, 0.1) is 0 Å². The number of hydrogen-bond acceptors (Lipinski definition) is 3. The van der Waals surface area contributed by atoms with E-state index in [0.29, 0.717) is 6.54 Å². The molecule has 1 N–H and O–H groups in total. The van der Waals surface area contributed by atoms with Gasteiger partial charge in [0.25, 0.3) is 0 Å². The molecule has 1 amide bonds. The first-order valence-electron chi connectivity index (χ1n) is 6.20. The molecule has 104 valence electrons. The van der Waals surface area contributed by atoms with Crippen LogP contribution in [-0.2, 0) is 4.79 Å². The third-order valence-electron chi connectivity index (χ3n) is 3.11. The minimum absolute atomic E-state index is 0.0366. The van der Waals surface area contributed by atoms with Crippen LogP contribution in [0.5, 0.6) is 0 Å². The smallest absolute Gasteiger partial charge is 0.238 e. The molecule has 0 saturated carbocycles. The fraction of sp³-hybridized carbons (Fsp3) is 0.462. The van der Waals surface area contributed by atoms with Crippen molar-refractivity contribution < 1.29 is 4.79 Å². The predicted octanol–water partition coefficient (Wildman–Crippen LogP) is 2.40. The minimum atomic E-state index is 0.0366. The molecule has 0 aliphatic carbocycles. The Morgan fingerprint density at radius 1 is 1.16 bits per heavy atom. The Kier molecular flexibility index (Phi) is 5.38. The van der Waals surface area contributed by atoms with E-state index >= 15 is 0 Å². The van der Waals surface area contributed by atoms with Gasteiger partial charge in [0.05, 0.1) is 6.54 Å². The quantitative estimate of drug-likeness (QED) is 0.860. The van der Waals surface area contributed by atoms with E-state index < -0.39 is 0 Å². The van der Waals surface area contributed by atoms with Gasteiger partial charge in [-0.25, -0.2) is 0 Å².